The molecule has 0 unspecified atom stereocenters. The Kier molecular flexibility index (Phi) is 4.92. The Morgan fingerprint density at radius 3 is 2.88 bits per heavy atom. The van der Waals surface area contributed by atoms with Crippen LogP contribution < -0.4 is 0 Å². The molecule has 0 saturated carbocycles. The largest absolute Gasteiger partial charge is 0.467 e. The van der Waals surface area contributed by atoms with E-state index in [0.29, 0.717) is 13.2 Å². The Labute approximate surface area is 95.3 Å². The van der Waals surface area contributed by atoms with E-state index in [1.165, 1.54) is 7.11 Å². The second-order valence-corrected chi connectivity index (χ2v) is 3.89. The van der Waals surface area contributed by atoms with Crippen LogP contribution in [0.3, 0.4) is 0 Å². The maximum atomic E-state index is 10.7. The van der Waals surface area contributed by atoms with Gasteiger partial charge in [0.25, 0.3) is 0 Å². The van der Waals surface area contributed by atoms with Crippen molar-refractivity contribution >= 4 is 5.97 Å². The van der Waals surface area contributed by atoms with E-state index in [4.69, 9.17) is 14.2 Å². The molecule has 1 aliphatic rings. The number of esters is 1. The summed E-state index contributed by atoms with van der Waals surface area (Å²) in [6, 6.07) is 0. The van der Waals surface area contributed by atoms with Crippen molar-refractivity contribution < 1.29 is 23.7 Å². The van der Waals surface area contributed by atoms with Crippen LogP contribution >= 0.6 is 0 Å². The van der Waals surface area contributed by atoms with Gasteiger partial charge in [-0.2, -0.15) is 0 Å². The van der Waals surface area contributed by atoms with Gasteiger partial charge in [0.05, 0.1) is 20.3 Å². The Balaban J connectivity index is 2.11. The average molecular weight is 230 g/mol. The summed E-state index contributed by atoms with van der Waals surface area (Å²) in [5.74, 6) is -0.892. The van der Waals surface area contributed by atoms with E-state index < -0.39 is 5.79 Å². The van der Waals surface area contributed by atoms with Gasteiger partial charge in [-0.1, -0.05) is 12.2 Å². The quantitative estimate of drug-likeness (QED) is 0.399. The average Bonchev–Trinajstić information content (AvgIpc) is 2.57. The highest BCUT2D eigenvalue weighted by Gasteiger charge is 2.30. The van der Waals surface area contributed by atoms with Crippen molar-refractivity contribution in [3.8, 4) is 0 Å². The van der Waals surface area contributed by atoms with E-state index in [2.05, 4.69) is 4.74 Å². The van der Waals surface area contributed by atoms with Crippen molar-refractivity contribution in [3.05, 3.63) is 12.2 Å². The highest BCUT2D eigenvalue weighted by Crippen LogP contribution is 2.22. The summed E-state index contributed by atoms with van der Waals surface area (Å²) < 4.78 is 20.4. The smallest absolute Gasteiger partial charge is 0.331 e. The Bertz CT molecular complexity index is 259. The standard InChI is InChI=1S/C11H18O5/c1-11(2)15-7-9(16-11)5-4-6-14-8-10(12)13-3/h4-5,9H,6-8H2,1-3H3/b5-4-/t9-/m0/s1. The number of methoxy groups -OCH3 is 1. The molecule has 0 spiro atoms. The molecule has 0 N–H and O–H groups in total. The molecule has 5 nitrogen and oxygen atoms in total. The Hall–Kier alpha value is -0.910. The van der Waals surface area contributed by atoms with Crippen molar-refractivity contribution in [2.75, 3.05) is 26.9 Å². The highest BCUT2D eigenvalue weighted by atomic mass is 16.7. The topological polar surface area (TPSA) is 54.0 Å². The molecule has 5 heteroatoms. The molecule has 1 heterocycles. The summed E-state index contributed by atoms with van der Waals surface area (Å²) in [4.78, 5) is 10.7. The summed E-state index contributed by atoms with van der Waals surface area (Å²) in [7, 11) is 1.33. The fourth-order valence-electron chi connectivity index (χ4n) is 1.29. The van der Waals surface area contributed by atoms with Gasteiger partial charge in [0, 0.05) is 0 Å². The van der Waals surface area contributed by atoms with Gasteiger partial charge in [-0.25, -0.2) is 4.79 Å². The van der Waals surface area contributed by atoms with Crippen LogP contribution in [0.2, 0.25) is 0 Å². The zero-order valence-corrected chi connectivity index (χ0v) is 9.89. The van der Waals surface area contributed by atoms with E-state index in [1.54, 1.807) is 6.08 Å². The Morgan fingerprint density at radius 2 is 2.31 bits per heavy atom. The lowest BCUT2D eigenvalue weighted by Gasteiger charge is -2.15. The molecule has 0 aromatic heterocycles. The minimum absolute atomic E-state index is 0.0334. The first kappa shape index (κ1) is 13.2. The molecule has 1 saturated heterocycles. The van der Waals surface area contributed by atoms with Crippen molar-refractivity contribution in [3.63, 3.8) is 0 Å². The molecular formula is C11H18O5. The zero-order valence-electron chi connectivity index (χ0n) is 9.89. The van der Waals surface area contributed by atoms with E-state index in [0.717, 1.165) is 0 Å². The minimum Gasteiger partial charge on any atom is -0.467 e. The van der Waals surface area contributed by atoms with Gasteiger partial charge in [-0.15, -0.1) is 0 Å². The molecule has 0 bridgehead atoms. The van der Waals surface area contributed by atoms with Crippen LogP contribution in [0.1, 0.15) is 13.8 Å². The fourth-order valence-corrected chi connectivity index (χ4v) is 1.29. The van der Waals surface area contributed by atoms with Gasteiger partial charge in [0.2, 0.25) is 0 Å². The van der Waals surface area contributed by atoms with Crippen LogP contribution in [0.15, 0.2) is 12.2 Å². The first-order valence-electron chi connectivity index (χ1n) is 5.16. The number of hydrogen-bond donors (Lipinski definition) is 0. The summed E-state index contributed by atoms with van der Waals surface area (Å²) in [6.07, 6.45) is 3.63. The van der Waals surface area contributed by atoms with E-state index >= 15 is 0 Å². The van der Waals surface area contributed by atoms with Crippen LogP contribution in [0.25, 0.3) is 0 Å². The normalized spacial score (nSPS) is 23.8. The minimum atomic E-state index is -0.512. The van der Waals surface area contributed by atoms with Gasteiger partial charge in [-0.3, -0.25) is 0 Å². The predicted molar refractivity (Wildman–Crippen MR) is 56.9 cm³/mol. The maximum Gasteiger partial charge on any atom is 0.331 e. The molecule has 1 aliphatic heterocycles. The molecule has 16 heavy (non-hydrogen) atoms. The van der Waals surface area contributed by atoms with Gasteiger partial charge < -0.3 is 18.9 Å². The first-order chi connectivity index (χ1) is 7.53. The monoisotopic (exact) mass is 230 g/mol. The molecule has 1 atom stereocenters. The summed E-state index contributed by atoms with van der Waals surface area (Å²) in [5.41, 5.74) is 0. The molecule has 0 aromatic rings. The lowest BCUT2D eigenvalue weighted by molar-refractivity contribution is -0.145. The number of carbonyl (C=O) groups excluding carboxylic acids is 1. The molecule has 1 fully saturated rings. The van der Waals surface area contributed by atoms with E-state index in [9.17, 15) is 4.79 Å². The van der Waals surface area contributed by atoms with Crippen molar-refractivity contribution in [1.82, 2.24) is 0 Å². The number of carbonyl (C=O) groups is 1. The maximum absolute atomic E-state index is 10.7. The van der Waals surface area contributed by atoms with Crippen LogP contribution in [0, 0.1) is 0 Å². The van der Waals surface area contributed by atoms with E-state index in [1.807, 2.05) is 19.9 Å². The first-order valence-corrected chi connectivity index (χ1v) is 5.16. The summed E-state index contributed by atoms with van der Waals surface area (Å²) in [5, 5.41) is 0. The molecule has 1 rings (SSSR count). The summed E-state index contributed by atoms with van der Waals surface area (Å²) in [6.45, 7) is 4.60. The summed E-state index contributed by atoms with van der Waals surface area (Å²) >= 11 is 0. The van der Waals surface area contributed by atoms with Gasteiger partial charge in [0.15, 0.2) is 5.79 Å². The molecular weight excluding hydrogens is 212 g/mol. The number of ether oxygens (including phenoxy) is 4. The molecule has 0 radical (unpaired) electrons. The van der Waals surface area contributed by atoms with Gasteiger partial charge in [0.1, 0.15) is 12.7 Å². The lowest BCUT2D eigenvalue weighted by Crippen LogP contribution is -2.20. The number of rotatable bonds is 5. The predicted octanol–water partition coefficient (Wildman–Crippen LogP) is 0.884. The third-order valence-electron chi connectivity index (χ3n) is 2.04. The van der Waals surface area contributed by atoms with Crippen molar-refractivity contribution in [2.24, 2.45) is 0 Å². The van der Waals surface area contributed by atoms with Crippen molar-refractivity contribution in [1.29, 1.82) is 0 Å². The van der Waals surface area contributed by atoms with Crippen LogP contribution in [-0.2, 0) is 23.7 Å². The lowest BCUT2D eigenvalue weighted by atomic mass is 10.3. The highest BCUT2D eigenvalue weighted by molar-refractivity contribution is 5.70. The second kappa shape index (κ2) is 5.98. The second-order valence-electron chi connectivity index (χ2n) is 3.89. The van der Waals surface area contributed by atoms with Crippen LogP contribution in [-0.4, -0.2) is 44.8 Å². The van der Waals surface area contributed by atoms with Crippen LogP contribution in [0.4, 0.5) is 0 Å². The number of hydrogen-bond acceptors (Lipinski definition) is 5. The molecule has 0 aliphatic carbocycles. The van der Waals surface area contributed by atoms with Gasteiger partial charge in [-0.05, 0) is 13.8 Å². The molecule has 92 valence electrons. The van der Waals surface area contributed by atoms with Crippen molar-refractivity contribution in [2.45, 2.75) is 25.7 Å². The third-order valence-corrected chi connectivity index (χ3v) is 2.04. The molecule has 0 aromatic carbocycles. The zero-order chi connectivity index (χ0) is 12.0. The SMILES string of the molecule is COC(=O)COC/C=C\[C@H]1COC(C)(C)O1. The Morgan fingerprint density at radius 1 is 1.56 bits per heavy atom. The fraction of sp³-hybridized carbons (Fsp3) is 0.727. The van der Waals surface area contributed by atoms with Gasteiger partial charge >= 0.3 is 5.97 Å². The third kappa shape index (κ3) is 4.74. The van der Waals surface area contributed by atoms with E-state index in [-0.39, 0.29) is 18.7 Å². The van der Waals surface area contributed by atoms with Crippen LogP contribution in [0.5, 0.6) is 0 Å². The molecule has 0 amide bonds.